The molecule has 228 valence electrons. The Bertz CT molecular complexity index is 238. The summed E-state index contributed by atoms with van der Waals surface area (Å²) >= 11 is 4.19. The van der Waals surface area contributed by atoms with E-state index in [1.165, 1.54) is 51.4 Å². The lowest BCUT2D eigenvalue weighted by molar-refractivity contribution is 0.0860. The zero-order chi connectivity index (χ0) is 29.1. The van der Waals surface area contributed by atoms with Crippen LogP contribution in [0.2, 0.25) is 0 Å². The summed E-state index contributed by atoms with van der Waals surface area (Å²) in [5.41, 5.74) is 0. The molecule has 12 nitrogen and oxygen atoms in total. The van der Waals surface area contributed by atoms with Crippen LogP contribution in [0, 0.1) is 0 Å². The molecule has 0 rings (SSSR count). The van der Waals surface area contributed by atoms with Gasteiger partial charge in [0.1, 0.15) is 0 Å². The van der Waals surface area contributed by atoms with Crippen LogP contribution in [0.4, 0.5) is 0 Å². The molecule has 0 aromatic carbocycles. The zero-order valence-corrected chi connectivity index (χ0v) is 22.8. The number of rotatable bonds is 17. The first kappa shape index (κ1) is 48.9. The molecule has 0 aliphatic heterocycles. The summed E-state index contributed by atoms with van der Waals surface area (Å²) in [5.74, 6) is 1.02. The minimum atomic E-state index is -0.499. The van der Waals surface area contributed by atoms with Crippen molar-refractivity contribution in [1.82, 2.24) is 0 Å². The Labute approximate surface area is 222 Å². The zero-order valence-electron chi connectivity index (χ0n) is 21.9. The molecule has 1 atom stereocenters. The van der Waals surface area contributed by atoms with Crippen LogP contribution >= 0.6 is 12.6 Å². The Kier molecular flexibility index (Phi) is 87.8. The monoisotopic (exact) mass is 558 g/mol. The van der Waals surface area contributed by atoms with Crippen LogP contribution in [0.5, 0.6) is 0 Å². The lowest BCUT2D eigenvalue weighted by Gasteiger charge is -2.06. The van der Waals surface area contributed by atoms with E-state index in [1.54, 1.807) is 0 Å². The van der Waals surface area contributed by atoms with Gasteiger partial charge in [0.15, 0.2) is 0 Å². The molecule has 0 amide bonds. The first-order valence-electron chi connectivity index (χ1n) is 12.4. The Morgan fingerprint density at radius 3 is 0.778 bits per heavy atom. The van der Waals surface area contributed by atoms with E-state index in [0.29, 0.717) is 0 Å². The largest absolute Gasteiger partial charge is 0.394 e. The van der Waals surface area contributed by atoms with Crippen LogP contribution in [0.15, 0.2) is 0 Å². The maximum atomic E-state index is 9.12. The van der Waals surface area contributed by atoms with E-state index in [1.807, 2.05) is 0 Å². The highest BCUT2D eigenvalue weighted by Gasteiger charge is 2.00. The summed E-state index contributed by atoms with van der Waals surface area (Å²) in [5, 5.41) is 94.0. The average Bonchev–Trinajstić information content (AvgIpc) is 2.94. The SMILES string of the molecule is OCC(O)CCCCCCCCCCCS.OCCO.OCCO.OCCO.OCCO.OCCO. The van der Waals surface area contributed by atoms with Crippen molar-refractivity contribution in [2.75, 3.05) is 78.4 Å². The molecule has 0 radical (unpaired) electrons. The van der Waals surface area contributed by atoms with Gasteiger partial charge in [-0.15, -0.1) is 0 Å². The highest BCUT2D eigenvalue weighted by molar-refractivity contribution is 7.80. The highest BCUT2D eigenvalue weighted by atomic mass is 32.1. The predicted molar refractivity (Wildman–Crippen MR) is 144 cm³/mol. The summed E-state index contributed by atoms with van der Waals surface area (Å²) in [6, 6.07) is 0. The molecule has 0 aliphatic carbocycles. The smallest absolute Gasteiger partial charge is 0.0770 e. The van der Waals surface area contributed by atoms with Gasteiger partial charge in [0, 0.05) is 0 Å². The number of aliphatic hydroxyl groups excluding tert-OH is 12. The van der Waals surface area contributed by atoms with Crippen molar-refractivity contribution in [3.63, 3.8) is 0 Å². The molecular formula is C23H58O12S. The van der Waals surface area contributed by atoms with Crippen molar-refractivity contribution in [2.24, 2.45) is 0 Å². The molecule has 0 aromatic rings. The Morgan fingerprint density at radius 2 is 0.583 bits per heavy atom. The molecule has 0 saturated carbocycles. The maximum absolute atomic E-state index is 9.12. The molecule has 0 fully saturated rings. The fourth-order valence-electron chi connectivity index (χ4n) is 1.82. The van der Waals surface area contributed by atoms with Crippen molar-refractivity contribution in [1.29, 1.82) is 0 Å². The van der Waals surface area contributed by atoms with E-state index in [0.717, 1.165) is 18.6 Å². The molecular weight excluding hydrogens is 500 g/mol. The highest BCUT2D eigenvalue weighted by Crippen LogP contribution is 2.11. The molecule has 0 saturated heterocycles. The molecule has 1 unspecified atom stereocenters. The number of hydrogen-bond acceptors (Lipinski definition) is 13. The van der Waals surface area contributed by atoms with E-state index in [9.17, 15) is 0 Å². The third-order valence-electron chi connectivity index (χ3n) is 3.41. The van der Waals surface area contributed by atoms with E-state index < -0.39 is 6.10 Å². The summed E-state index contributed by atoms with van der Waals surface area (Å²) in [4.78, 5) is 0. The van der Waals surface area contributed by atoms with Gasteiger partial charge in [-0.1, -0.05) is 51.4 Å². The van der Waals surface area contributed by atoms with Gasteiger partial charge in [0.2, 0.25) is 0 Å². The van der Waals surface area contributed by atoms with E-state index in [-0.39, 0.29) is 72.7 Å². The lowest BCUT2D eigenvalue weighted by atomic mass is 10.1. The second-order valence-corrected chi connectivity index (χ2v) is 7.21. The van der Waals surface area contributed by atoms with Crippen LogP contribution in [0.25, 0.3) is 0 Å². The first-order chi connectivity index (χ1) is 17.4. The summed E-state index contributed by atoms with van der Waals surface area (Å²) in [7, 11) is 0. The minimum Gasteiger partial charge on any atom is -0.394 e. The normalized spacial score (nSPS) is 9.92. The quantitative estimate of drug-likeness (QED) is 0.0686. The van der Waals surface area contributed by atoms with Gasteiger partial charge in [0.25, 0.3) is 0 Å². The minimum absolute atomic E-state index is 0.0921. The molecule has 0 aromatic heterocycles. The third kappa shape index (κ3) is 103. The average molecular weight is 559 g/mol. The first-order valence-corrected chi connectivity index (χ1v) is 13.0. The fraction of sp³-hybridized carbons (Fsp3) is 1.00. The fourth-order valence-corrected chi connectivity index (χ4v) is 2.04. The van der Waals surface area contributed by atoms with Crippen LogP contribution in [-0.4, -0.2) is 146 Å². The Balaban J connectivity index is -0.0000000914. The van der Waals surface area contributed by atoms with Gasteiger partial charge in [-0.2, -0.15) is 12.6 Å². The van der Waals surface area contributed by atoms with Gasteiger partial charge in [-0.3, -0.25) is 0 Å². The van der Waals surface area contributed by atoms with Gasteiger partial charge < -0.3 is 61.3 Å². The second-order valence-electron chi connectivity index (χ2n) is 6.77. The summed E-state index contributed by atoms with van der Waals surface area (Å²) < 4.78 is 0. The summed E-state index contributed by atoms with van der Waals surface area (Å²) in [6.07, 6.45) is 11.7. The Morgan fingerprint density at radius 1 is 0.361 bits per heavy atom. The van der Waals surface area contributed by atoms with Gasteiger partial charge in [-0.05, 0) is 18.6 Å². The van der Waals surface area contributed by atoms with Crippen LogP contribution < -0.4 is 0 Å². The van der Waals surface area contributed by atoms with Crippen molar-refractivity contribution >= 4 is 12.6 Å². The molecule has 0 aliphatic rings. The lowest BCUT2D eigenvalue weighted by Crippen LogP contribution is -2.10. The number of aliphatic hydroxyl groups is 12. The van der Waals surface area contributed by atoms with Crippen molar-refractivity contribution < 1.29 is 61.3 Å². The maximum Gasteiger partial charge on any atom is 0.0770 e. The number of unbranched alkanes of at least 4 members (excludes halogenated alkanes) is 8. The van der Waals surface area contributed by atoms with Crippen LogP contribution in [0.3, 0.4) is 0 Å². The number of hydrogen-bond donors (Lipinski definition) is 13. The van der Waals surface area contributed by atoms with Gasteiger partial charge in [0.05, 0.1) is 78.8 Å². The third-order valence-corrected chi connectivity index (χ3v) is 3.72. The predicted octanol–water partition coefficient (Wildman–Crippen LogP) is -1.97. The molecule has 0 heterocycles. The standard InChI is InChI=1S/C13H28O2S.5C2H6O2/c14-12-13(15)10-8-6-4-2-1-3-5-7-9-11-16;5*3-1-2-4/h13-16H,1-12H2;5*3-4H,1-2H2. The van der Waals surface area contributed by atoms with Crippen LogP contribution in [0.1, 0.15) is 64.2 Å². The van der Waals surface area contributed by atoms with E-state index in [2.05, 4.69) is 12.6 Å². The van der Waals surface area contributed by atoms with Gasteiger partial charge >= 0.3 is 0 Å². The van der Waals surface area contributed by atoms with E-state index in [4.69, 9.17) is 61.3 Å². The summed E-state index contributed by atoms with van der Waals surface area (Å²) in [6.45, 7) is -1.34. The second kappa shape index (κ2) is 64.7. The Hall–Kier alpha value is -0.130. The van der Waals surface area contributed by atoms with Crippen molar-refractivity contribution in [3.8, 4) is 0 Å². The molecule has 0 bridgehead atoms. The van der Waals surface area contributed by atoms with E-state index >= 15 is 0 Å². The van der Waals surface area contributed by atoms with Crippen LogP contribution in [-0.2, 0) is 0 Å². The topological polar surface area (TPSA) is 243 Å². The molecule has 13 heteroatoms. The molecule has 0 spiro atoms. The molecule has 36 heavy (non-hydrogen) atoms. The van der Waals surface area contributed by atoms with Crippen molar-refractivity contribution in [3.05, 3.63) is 0 Å². The number of thiol groups is 1. The molecule has 12 N–H and O–H groups in total. The van der Waals surface area contributed by atoms with Gasteiger partial charge in [-0.25, -0.2) is 0 Å². The van der Waals surface area contributed by atoms with Crippen molar-refractivity contribution in [2.45, 2.75) is 70.3 Å².